The summed E-state index contributed by atoms with van der Waals surface area (Å²) in [4.78, 5) is -0.201. The van der Waals surface area contributed by atoms with Gasteiger partial charge in [-0.1, -0.05) is 96.6 Å². The summed E-state index contributed by atoms with van der Waals surface area (Å²) >= 11 is 6.76. The molecule has 24 heavy (non-hydrogen) atoms. The lowest BCUT2D eigenvalue weighted by molar-refractivity contribution is 0.463. The van der Waals surface area contributed by atoms with Gasteiger partial charge in [0.25, 0.3) is 0 Å². The monoisotopic (exact) mass is 481 g/mol. The van der Waals surface area contributed by atoms with Gasteiger partial charge in [-0.05, 0) is 30.5 Å². The van der Waals surface area contributed by atoms with Crippen molar-refractivity contribution in [2.24, 2.45) is 0 Å². The van der Waals surface area contributed by atoms with Gasteiger partial charge in [-0.3, -0.25) is 0 Å². The van der Waals surface area contributed by atoms with Gasteiger partial charge in [0.05, 0.1) is 4.90 Å². The van der Waals surface area contributed by atoms with E-state index in [-0.39, 0.29) is 4.90 Å². The molecule has 0 fully saturated rings. The van der Waals surface area contributed by atoms with E-state index in [1.807, 2.05) is 0 Å². The van der Waals surface area contributed by atoms with E-state index >= 15 is 0 Å². The second-order valence-corrected chi connectivity index (χ2v) is 9.34. The Morgan fingerprint density at radius 3 is 1.67 bits per heavy atom. The third kappa shape index (κ3) is 8.45. The number of hydrogen-bond donors (Lipinski definition) is 0. The first-order valence-corrected chi connectivity index (χ1v) is 11.8. The Morgan fingerprint density at radius 1 is 0.833 bits per heavy atom. The van der Waals surface area contributed by atoms with Crippen LogP contribution in [0.2, 0.25) is 0 Å². The standard InChI is InChI=1S/C18H28Br2O3S/c1-2-3-4-5-6-7-8-9-10-11-12-16-17(19)13-15(14-18(16)20)24(21,22)23/h13-14H,2-12H2,1H3,(H,21,22,23)/p-1. The van der Waals surface area contributed by atoms with Gasteiger partial charge in [0.2, 0.25) is 0 Å². The molecule has 0 aliphatic carbocycles. The van der Waals surface area contributed by atoms with Gasteiger partial charge in [0.1, 0.15) is 10.1 Å². The molecule has 1 rings (SSSR count). The van der Waals surface area contributed by atoms with Crippen LogP contribution >= 0.6 is 31.9 Å². The predicted molar refractivity (Wildman–Crippen MR) is 105 cm³/mol. The summed E-state index contributed by atoms with van der Waals surface area (Å²) in [6.45, 7) is 2.24. The third-order valence-corrected chi connectivity index (χ3v) is 6.41. The van der Waals surface area contributed by atoms with E-state index in [1.54, 1.807) is 0 Å². The highest BCUT2D eigenvalue weighted by Gasteiger charge is 2.10. The molecule has 0 heterocycles. The van der Waals surface area contributed by atoms with Crippen molar-refractivity contribution >= 4 is 42.0 Å². The molecule has 0 aliphatic heterocycles. The highest BCUT2D eigenvalue weighted by molar-refractivity contribution is 9.11. The number of unbranched alkanes of at least 4 members (excludes halogenated alkanes) is 9. The average Bonchev–Trinajstić information content (AvgIpc) is 2.50. The zero-order valence-electron chi connectivity index (χ0n) is 14.3. The number of benzene rings is 1. The maximum absolute atomic E-state index is 11.1. The van der Waals surface area contributed by atoms with Gasteiger partial charge in [-0.25, -0.2) is 8.42 Å². The molecule has 0 bridgehead atoms. The number of rotatable bonds is 12. The Balaban J connectivity index is 2.29. The van der Waals surface area contributed by atoms with Gasteiger partial charge in [-0.2, -0.15) is 0 Å². The largest absolute Gasteiger partial charge is 0.744 e. The fourth-order valence-electron chi connectivity index (χ4n) is 2.75. The van der Waals surface area contributed by atoms with Crippen molar-refractivity contribution < 1.29 is 13.0 Å². The molecular formula is C18H27Br2O3S-. The highest BCUT2D eigenvalue weighted by atomic mass is 79.9. The molecule has 0 aliphatic rings. The fourth-order valence-corrected chi connectivity index (χ4v) is 5.16. The predicted octanol–water partition coefficient (Wildman–Crippen LogP) is 6.58. The van der Waals surface area contributed by atoms with Crippen LogP contribution < -0.4 is 0 Å². The van der Waals surface area contributed by atoms with E-state index < -0.39 is 10.1 Å². The van der Waals surface area contributed by atoms with Crippen LogP contribution in [0.15, 0.2) is 26.0 Å². The van der Waals surface area contributed by atoms with Crippen LogP contribution in [-0.4, -0.2) is 13.0 Å². The first-order valence-electron chi connectivity index (χ1n) is 8.80. The Hall–Kier alpha value is 0.0900. The first-order chi connectivity index (χ1) is 11.4. The molecule has 138 valence electrons. The van der Waals surface area contributed by atoms with E-state index in [0.29, 0.717) is 8.95 Å². The van der Waals surface area contributed by atoms with E-state index in [2.05, 4.69) is 38.8 Å². The van der Waals surface area contributed by atoms with Gasteiger partial charge < -0.3 is 4.55 Å². The molecule has 0 aromatic heterocycles. The Bertz CT molecular complexity index is 577. The van der Waals surface area contributed by atoms with E-state index in [9.17, 15) is 13.0 Å². The highest BCUT2D eigenvalue weighted by Crippen LogP contribution is 2.30. The molecule has 0 saturated heterocycles. The molecule has 0 N–H and O–H groups in total. The molecule has 1 aromatic carbocycles. The third-order valence-electron chi connectivity index (χ3n) is 4.18. The summed E-state index contributed by atoms with van der Waals surface area (Å²) in [5, 5.41) is 0. The van der Waals surface area contributed by atoms with Crippen molar-refractivity contribution in [1.82, 2.24) is 0 Å². The van der Waals surface area contributed by atoms with Crippen LogP contribution in [0.4, 0.5) is 0 Å². The van der Waals surface area contributed by atoms with Gasteiger partial charge in [0, 0.05) is 8.95 Å². The Kier molecular flexibility index (Phi) is 10.7. The van der Waals surface area contributed by atoms with Gasteiger partial charge in [-0.15, -0.1) is 0 Å². The Morgan fingerprint density at radius 2 is 1.25 bits per heavy atom. The fraction of sp³-hybridized carbons (Fsp3) is 0.667. The van der Waals surface area contributed by atoms with Crippen LogP contribution in [0.25, 0.3) is 0 Å². The minimum absolute atomic E-state index is 0.201. The normalized spacial score (nSPS) is 11.8. The molecule has 1 aromatic rings. The lowest BCUT2D eigenvalue weighted by Gasteiger charge is -2.13. The van der Waals surface area contributed by atoms with Crippen LogP contribution in [0.3, 0.4) is 0 Å². The zero-order valence-corrected chi connectivity index (χ0v) is 18.3. The number of halogens is 2. The lowest BCUT2D eigenvalue weighted by atomic mass is 10.0. The summed E-state index contributed by atoms with van der Waals surface area (Å²) in [5.41, 5.74) is 1.03. The maximum Gasteiger partial charge on any atom is 0.124 e. The number of hydrogen-bond acceptors (Lipinski definition) is 3. The van der Waals surface area contributed by atoms with Crippen molar-refractivity contribution in [1.29, 1.82) is 0 Å². The minimum Gasteiger partial charge on any atom is -0.744 e. The average molecular weight is 483 g/mol. The van der Waals surface area contributed by atoms with Gasteiger partial charge >= 0.3 is 0 Å². The summed E-state index contributed by atoms with van der Waals surface area (Å²) in [7, 11) is -4.42. The molecule has 0 radical (unpaired) electrons. The Labute approximate surface area is 163 Å². The van der Waals surface area contributed by atoms with Crippen LogP contribution in [0.1, 0.15) is 76.7 Å². The molecule has 6 heteroatoms. The molecular weight excluding hydrogens is 456 g/mol. The SMILES string of the molecule is CCCCCCCCCCCCc1c(Br)cc(S(=O)(=O)[O-])cc1Br. The van der Waals surface area contributed by atoms with Crippen molar-refractivity contribution in [2.45, 2.75) is 82.4 Å². The summed E-state index contributed by atoms with van der Waals surface area (Å²) in [6.07, 6.45) is 13.7. The molecule has 0 atom stereocenters. The minimum atomic E-state index is -4.42. The van der Waals surface area contributed by atoms with Crippen LogP contribution in [0, 0.1) is 0 Å². The summed E-state index contributed by atoms with van der Waals surface area (Å²) in [6, 6.07) is 2.80. The lowest BCUT2D eigenvalue weighted by Crippen LogP contribution is -2.00. The van der Waals surface area contributed by atoms with E-state index in [4.69, 9.17) is 0 Å². The summed E-state index contributed by atoms with van der Waals surface area (Å²) < 4.78 is 34.7. The first kappa shape index (κ1) is 22.1. The van der Waals surface area contributed by atoms with E-state index in [1.165, 1.54) is 69.9 Å². The van der Waals surface area contributed by atoms with E-state index in [0.717, 1.165) is 18.4 Å². The van der Waals surface area contributed by atoms with Crippen molar-refractivity contribution in [3.8, 4) is 0 Å². The van der Waals surface area contributed by atoms with Crippen molar-refractivity contribution in [3.05, 3.63) is 26.6 Å². The second-order valence-electron chi connectivity index (χ2n) is 6.25. The summed E-state index contributed by atoms with van der Waals surface area (Å²) in [5.74, 6) is 0. The van der Waals surface area contributed by atoms with Crippen molar-refractivity contribution in [3.63, 3.8) is 0 Å². The van der Waals surface area contributed by atoms with Gasteiger partial charge in [0.15, 0.2) is 0 Å². The molecule has 3 nitrogen and oxygen atoms in total. The molecule has 0 unspecified atom stereocenters. The molecule has 0 amide bonds. The maximum atomic E-state index is 11.1. The smallest absolute Gasteiger partial charge is 0.124 e. The molecule has 0 saturated carbocycles. The second kappa shape index (κ2) is 11.7. The van der Waals surface area contributed by atoms with Crippen LogP contribution in [0.5, 0.6) is 0 Å². The van der Waals surface area contributed by atoms with Crippen molar-refractivity contribution in [2.75, 3.05) is 0 Å². The quantitative estimate of drug-likeness (QED) is 0.249. The topological polar surface area (TPSA) is 57.2 Å². The zero-order chi connectivity index (χ0) is 18.0. The molecule has 0 spiro atoms. The van der Waals surface area contributed by atoms with Crippen LogP contribution in [-0.2, 0) is 16.5 Å².